The Morgan fingerprint density at radius 2 is 1.96 bits per heavy atom. The molecule has 1 unspecified atom stereocenters. The molecule has 0 aliphatic heterocycles. The Hall–Kier alpha value is -2.37. The van der Waals surface area contributed by atoms with Crippen molar-refractivity contribution >= 4 is 23.5 Å². The second-order valence-corrected chi connectivity index (χ2v) is 6.09. The summed E-state index contributed by atoms with van der Waals surface area (Å²) in [6.45, 7) is -1.20. The molecule has 0 bridgehead atoms. The van der Waals surface area contributed by atoms with Crippen LogP contribution in [-0.2, 0) is 20.7 Å². The Labute approximate surface area is 162 Å². The molecule has 26 heavy (non-hydrogen) atoms. The van der Waals surface area contributed by atoms with Crippen molar-refractivity contribution in [1.29, 1.82) is 0 Å². The number of carbonyl (C=O) groups is 2. The predicted octanol–water partition coefficient (Wildman–Crippen LogP) is 3.54. The number of ether oxygens (including phenoxy) is 1. The third kappa shape index (κ3) is 5.58. The van der Waals surface area contributed by atoms with Crippen molar-refractivity contribution in [2.75, 3.05) is 6.61 Å². The highest BCUT2D eigenvalue weighted by molar-refractivity contribution is 6.30. The lowest BCUT2D eigenvalue weighted by Gasteiger charge is -2.19. The van der Waals surface area contributed by atoms with Crippen molar-refractivity contribution in [3.63, 3.8) is 0 Å². The van der Waals surface area contributed by atoms with Gasteiger partial charge in [0.2, 0.25) is 0 Å². The Balaban J connectivity index is 2.17. The van der Waals surface area contributed by atoms with Gasteiger partial charge in [-0.25, -0.2) is 0 Å². The molecule has 5 nitrogen and oxygen atoms in total. The van der Waals surface area contributed by atoms with Crippen LogP contribution in [0.1, 0.15) is 23.5 Å². The summed E-state index contributed by atoms with van der Waals surface area (Å²) in [6.07, 6.45) is -0.00283. The number of hydrogen-bond donors (Lipinski definition) is 2. The number of nitrogens with one attached hydrogen (secondary N) is 1. The van der Waals surface area contributed by atoms with E-state index in [-0.39, 0.29) is 13.0 Å². The molecule has 0 amide bonds. The highest BCUT2D eigenvalue weighted by atomic mass is 35.5. The Morgan fingerprint density at radius 1 is 1.23 bits per heavy atom. The van der Waals surface area contributed by atoms with E-state index in [0.29, 0.717) is 10.6 Å². The van der Waals surface area contributed by atoms with Crippen LogP contribution in [0.15, 0.2) is 48.5 Å². The molecule has 0 spiro atoms. The predicted molar refractivity (Wildman–Crippen MR) is 101 cm³/mol. The quantitative estimate of drug-likeness (QED) is 0.687. The van der Waals surface area contributed by atoms with Crippen molar-refractivity contribution in [3.8, 4) is 11.1 Å². The lowest BCUT2D eigenvalue weighted by Crippen LogP contribution is -2.47. The lowest BCUT2D eigenvalue weighted by atomic mass is 10.0. The maximum Gasteiger partial charge on any atom is 0.322 e. The van der Waals surface area contributed by atoms with Gasteiger partial charge in [0.15, 0.2) is 0 Å². The second-order valence-electron chi connectivity index (χ2n) is 5.65. The minimum atomic E-state index is -2.74. The van der Waals surface area contributed by atoms with Gasteiger partial charge in [-0.2, -0.15) is 0 Å². The summed E-state index contributed by atoms with van der Waals surface area (Å²) in [6, 6.07) is 11.5. The Bertz CT molecular complexity index is 856. The van der Waals surface area contributed by atoms with Gasteiger partial charge in [-0.15, -0.1) is 0 Å². The molecular formula is C20H22ClNO4. The summed E-state index contributed by atoms with van der Waals surface area (Å²) in [7, 11) is 0. The SMILES string of the molecule is [2H]C([2H])([2H])[C@H](NC(Cc1ccc(-c2cccc(Cl)c2)cc1)C(=O)O)C(=O)OCC. The fourth-order valence-electron chi connectivity index (χ4n) is 2.45. The first-order chi connectivity index (χ1) is 13.6. The monoisotopic (exact) mass is 378 g/mol. The summed E-state index contributed by atoms with van der Waals surface area (Å²) < 4.78 is 27.3. The van der Waals surface area contributed by atoms with Gasteiger partial charge < -0.3 is 9.84 Å². The number of carboxylic acid groups (broad SMARTS) is 1. The van der Waals surface area contributed by atoms with E-state index in [4.69, 9.17) is 20.5 Å². The van der Waals surface area contributed by atoms with Gasteiger partial charge in [0.05, 0.1) is 6.61 Å². The van der Waals surface area contributed by atoms with E-state index in [1.54, 1.807) is 25.1 Å². The fourth-order valence-corrected chi connectivity index (χ4v) is 2.64. The van der Waals surface area contributed by atoms with E-state index in [1.165, 1.54) is 0 Å². The molecule has 2 rings (SSSR count). The Kier molecular flexibility index (Phi) is 5.71. The standard InChI is InChI=1S/C20H22ClNO4/c1-3-26-20(25)13(2)22-18(19(23)24)11-14-7-9-15(10-8-14)16-5-4-6-17(21)12-16/h4-10,12-13,18,22H,3,11H2,1-2H3,(H,23,24)/t13-,18?/m0/s1/i2D3. The molecule has 0 heterocycles. The summed E-state index contributed by atoms with van der Waals surface area (Å²) in [5, 5.41) is 12.5. The molecule has 0 saturated heterocycles. The zero-order valence-corrected chi connectivity index (χ0v) is 15.0. The molecule has 2 atom stereocenters. The maximum absolute atomic E-state index is 12.0. The molecule has 138 valence electrons. The maximum atomic E-state index is 12.0. The van der Waals surface area contributed by atoms with Crippen molar-refractivity contribution < 1.29 is 23.5 Å². The molecular weight excluding hydrogens is 354 g/mol. The minimum absolute atomic E-state index is 0.00283. The summed E-state index contributed by atoms with van der Waals surface area (Å²) >= 11 is 6.01. The van der Waals surface area contributed by atoms with Crippen molar-refractivity contribution in [1.82, 2.24) is 5.32 Å². The number of rotatable bonds is 8. The van der Waals surface area contributed by atoms with Crippen molar-refractivity contribution in [2.45, 2.75) is 32.3 Å². The van der Waals surface area contributed by atoms with Crippen LogP contribution >= 0.6 is 11.6 Å². The van der Waals surface area contributed by atoms with Crippen LogP contribution in [0.4, 0.5) is 0 Å². The van der Waals surface area contributed by atoms with Crippen LogP contribution < -0.4 is 5.32 Å². The van der Waals surface area contributed by atoms with Crippen molar-refractivity contribution in [2.24, 2.45) is 0 Å². The number of hydrogen-bond acceptors (Lipinski definition) is 4. The van der Waals surface area contributed by atoms with Crippen LogP contribution in [-0.4, -0.2) is 35.7 Å². The molecule has 2 aromatic carbocycles. The molecule has 2 N–H and O–H groups in total. The van der Waals surface area contributed by atoms with Crippen LogP contribution in [0.2, 0.25) is 5.02 Å². The number of carbonyl (C=O) groups excluding carboxylic acids is 1. The van der Waals surface area contributed by atoms with Gasteiger partial charge in [0.1, 0.15) is 12.1 Å². The van der Waals surface area contributed by atoms with Gasteiger partial charge in [0.25, 0.3) is 0 Å². The third-order valence-electron chi connectivity index (χ3n) is 3.74. The highest BCUT2D eigenvalue weighted by Gasteiger charge is 2.24. The summed E-state index contributed by atoms with van der Waals surface area (Å²) in [4.78, 5) is 23.6. The van der Waals surface area contributed by atoms with Gasteiger partial charge in [-0.05, 0) is 49.0 Å². The minimum Gasteiger partial charge on any atom is -0.480 e. The second kappa shape index (κ2) is 9.36. The van der Waals surface area contributed by atoms with Gasteiger partial charge in [-0.3, -0.25) is 14.9 Å². The zero-order valence-electron chi connectivity index (χ0n) is 17.2. The average molecular weight is 379 g/mol. The fraction of sp³-hybridized carbons (Fsp3) is 0.300. The lowest BCUT2D eigenvalue weighted by molar-refractivity contribution is -0.146. The normalized spacial score (nSPS) is 15.2. The number of carboxylic acids is 1. The van der Waals surface area contributed by atoms with Crippen LogP contribution in [0.5, 0.6) is 0 Å². The molecule has 0 radical (unpaired) electrons. The van der Waals surface area contributed by atoms with Crippen LogP contribution in [0.25, 0.3) is 11.1 Å². The molecule has 0 fully saturated rings. The van der Waals surface area contributed by atoms with E-state index < -0.39 is 30.9 Å². The molecule has 2 aromatic rings. The van der Waals surface area contributed by atoms with Gasteiger partial charge >= 0.3 is 11.9 Å². The first-order valence-electron chi connectivity index (χ1n) is 9.62. The highest BCUT2D eigenvalue weighted by Crippen LogP contribution is 2.23. The number of halogens is 1. The number of esters is 1. The van der Waals surface area contributed by atoms with Gasteiger partial charge in [-0.1, -0.05) is 48.0 Å². The summed E-state index contributed by atoms with van der Waals surface area (Å²) in [5.41, 5.74) is 2.49. The van der Waals surface area contributed by atoms with Crippen LogP contribution in [0.3, 0.4) is 0 Å². The van der Waals surface area contributed by atoms with Gasteiger partial charge in [0, 0.05) is 9.13 Å². The first kappa shape index (κ1) is 15.9. The first-order valence-corrected chi connectivity index (χ1v) is 8.50. The Morgan fingerprint density at radius 3 is 2.54 bits per heavy atom. The van der Waals surface area contributed by atoms with E-state index in [1.807, 2.05) is 30.3 Å². The molecule has 0 aliphatic carbocycles. The molecule has 0 saturated carbocycles. The largest absolute Gasteiger partial charge is 0.480 e. The third-order valence-corrected chi connectivity index (χ3v) is 3.98. The molecule has 0 aliphatic rings. The average Bonchev–Trinajstić information content (AvgIpc) is 2.64. The van der Waals surface area contributed by atoms with E-state index in [9.17, 15) is 14.7 Å². The molecule has 0 aromatic heterocycles. The van der Waals surface area contributed by atoms with E-state index >= 15 is 0 Å². The van der Waals surface area contributed by atoms with Crippen LogP contribution in [0, 0.1) is 0 Å². The number of benzene rings is 2. The molecule has 6 heteroatoms. The van der Waals surface area contributed by atoms with E-state index in [2.05, 4.69) is 5.32 Å². The smallest absolute Gasteiger partial charge is 0.322 e. The van der Waals surface area contributed by atoms with Crippen molar-refractivity contribution in [3.05, 3.63) is 59.1 Å². The zero-order chi connectivity index (χ0) is 21.6. The topological polar surface area (TPSA) is 75.6 Å². The summed E-state index contributed by atoms with van der Waals surface area (Å²) in [5.74, 6) is -2.27. The van der Waals surface area contributed by atoms with E-state index in [0.717, 1.165) is 11.1 Å². The number of aliphatic carboxylic acids is 1.